The number of benzene rings is 1. The van der Waals surface area contributed by atoms with Crippen molar-refractivity contribution in [2.75, 3.05) is 5.32 Å². The molecule has 0 amide bonds. The molecule has 1 aliphatic rings. The molecule has 0 aliphatic carbocycles. The molecule has 134 valence electrons. The van der Waals surface area contributed by atoms with E-state index in [1.54, 1.807) is 6.20 Å². The van der Waals surface area contributed by atoms with Crippen LogP contribution in [0.1, 0.15) is 31.4 Å². The summed E-state index contributed by atoms with van der Waals surface area (Å²) in [5, 5.41) is 19.2. The third kappa shape index (κ3) is 2.49. The van der Waals surface area contributed by atoms with Crippen LogP contribution in [0.2, 0.25) is 0 Å². The molecule has 0 spiro atoms. The molecular formula is C19H18N8. The van der Waals surface area contributed by atoms with Gasteiger partial charge in [0, 0.05) is 11.5 Å². The van der Waals surface area contributed by atoms with E-state index >= 15 is 0 Å². The molecule has 0 fully saturated rings. The number of fused-ring (bicyclic) bond motifs is 3. The summed E-state index contributed by atoms with van der Waals surface area (Å²) in [5.41, 5.74) is 3.68. The van der Waals surface area contributed by atoms with Gasteiger partial charge in [0.25, 0.3) is 0 Å². The molecule has 2 N–H and O–H groups in total. The predicted octanol–water partition coefficient (Wildman–Crippen LogP) is 3.16. The van der Waals surface area contributed by atoms with Gasteiger partial charge in [-0.15, -0.1) is 10.2 Å². The molecule has 8 nitrogen and oxygen atoms in total. The number of H-pyrrole nitrogens is 1. The standard InChI is InChI=1S/C19H18N8/c1-11(2)19-26-24-15-10-21-18-14(27(15)19)9-20-17(23-18)13-8-22-25-16(13)12-6-4-3-5-7-12/h3-9,11H,10H2,1-2H3,(H,22,25)(H,20,21,23). The minimum Gasteiger partial charge on any atom is -0.361 e. The Hall–Kier alpha value is -3.55. The second-order valence-corrected chi connectivity index (χ2v) is 6.77. The number of hydrogen-bond donors (Lipinski definition) is 2. The SMILES string of the molecule is CC(C)c1nnc2n1-c1cnc(-c3cn[nH]c3-c3ccccc3)nc1NC2. The molecule has 27 heavy (non-hydrogen) atoms. The lowest BCUT2D eigenvalue weighted by Gasteiger charge is -2.21. The van der Waals surface area contributed by atoms with Crippen LogP contribution < -0.4 is 5.32 Å². The van der Waals surface area contributed by atoms with Crippen molar-refractivity contribution in [3.05, 3.63) is 54.4 Å². The van der Waals surface area contributed by atoms with Gasteiger partial charge in [0.1, 0.15) is 11.5 Å². The highest BCUT2D eigenvalue weighted by molar-refractivity contribution is 5.78. The Morgan fingerprint density at radius 1 is 1.07 bits per heavy atom. The third-order valence-corrected chi connectivity index (χ3v) is 4.64. The first-order chi connectivity index (χ1) is 13.2. The summed E-state index contributed by atoms with van der Waals surface area (Å²) >= 11 is 0. The van der Waals surface area contributed by atoms with Gasteiger partial charge in [0.05, 0.1) is 30.2 Å². The van der Waals surface area contributed by atoms with Crippen molar-refractivity contribution in [3.8, 4) is 28.3 Å². The average Bonchev–Trinajstić information content (AvgIpc) is 3.35. The van der Waals surface area contributed by atoms with Crippen molar-refractivity contribution in [1.82, 2.24) is 34.9 Å². The Morgan fingerprint density at radius 2 is 1.93 bits per heavy atom. The van der Waals surface area contributed by atoms with Crippen LogP contribution in [0.4, 0.5) is 5.82 Å². The first-order valence-electron chi connectivity index (χ1n) is 8.87. The number of aromatic nitrogens is 7. The van der Waals surface area contributed by atoms with Crippen LogP contribution >= 0.6 is 0 Å². The topological polar surface area (TPSA) is 97.2 Å². The molecule has 0 unspecified atom stereocenters. The molecule has 0 saturated carbocycles. The fourth-order valence-electron chi connectivity index (χ4n) is 3.32. The summed E-state index contributed by atoms with van der Waals surface area (Å²) in [5.74, 6) is 3.44. The van der Waals surface area contributed by atoms with Gasteiger partial charge in [-0.2, -0.15) is 5.10 Å². The van der Waals surface area contributed by atoms with E-state index in [1.807, 2.05) is 41.1 Å². The van der Waals surface area contributed by atoms with Crippen LogP contribution in [0.3, 0.4) is 0 Å². The van der Waals surface area contributed by atoms with Crippen molar-refractivity contribution < 1.29 is 0 Å². The molecule has 1 aliphatic heterocycles. The highest BCUT2D eigenvalue weighted by Crippen LogP contribution is 2.32. The van der Waals surface area contributed by atoms with E-state index in [9.17, 15) is 0 Å². The molecule has 4 heterocycles. The van der Waals surface area contributed by atoms with E-state index in [1.165, 1.54) is 0 Å². The van der Waals surface area contributed by atoms with Crippen LogP contribution in [-0.4, -0.2) is 34.9 Å². The summed E-state index contributed by atoms with van der Waals surface area (Å²) in [4.78, 5) is 9.37. The van der Waals surface area contributed by atoms with Crippen molar-refractivity contribution in [2.45, 2.75) is 26.3 Å². The molecule has 8 heteroatoms. The summed E-state index contributed by atoms with van der Waals surface area (Å²) in [6, 6.07) is 10.0. The van der Waals surface area contributed by atoms with Gasteiger partial charge in [-0.25, -0.2) is 9.97 Å². The molecule has 5 rings (SSSR count). The monoisotopic (exact) mass is 358 g/mol. The molecule has 0 radical (unpaired) electrons. The van der Waals surface area contributed by atoms with Crippen molar-refractivity contribution in [1.29, 1.82) is 0 Å². The second-order valence-electron chi connectivity index (χ2n) is 6.77. The maximum atomic E-state index is 4.76. The van der Waals surface area contributed by atoms with E-state index in [0.717, 1.165) is 40.0 Å². The lowest BCUT2D eigenvalue weighted by molar-refractivity contribution is 0.728. The van der Waals surface area contributed by atoms with Gasteiger partial charge in [-0.05, 0) is 0 Å². The Kier molecular flexibility index (Phi) is 3.49. The average molecular weight is 358 g/mol. The highest BCUT2D eigenvalue weighted by Gasteiger charge is 2.25. The number of aromatic amines is 1. The van der Waals surface area contributed by atoms with Gasteiger partial charge < -0.3 is 5.32 Å². The predicted molar refractivity (Wildman–Crippen MR) is 101 cm³/mol. The van der Waals surface area contributed by atoms with E-state index in [-0.39, 0.29) is 5.92 Å². The Balaban J connectivity index is 1.61. The van der Waals surface area contributed by atoms with Crippen LogP contribution in [-0.2, 0) is 6.54 Å². The highest BCUT2D eigenvalue weighted by atomic mass is 15.3. The Labute approximate surface area is 155 Å². The van der Waals surface area contributed by atoms with Crippen LogP contribution in [0.25, 0.3) is 28.3 Å². The van der Waals surface area contributed by atoms with E-state index in [0.29, 0.717) is 12.4 Å². The van der Waals surface area contributed by atoms with Gasteiger partial charge >= 0.3 is 0 Å². The zero-order valence-corrected chi connectivity index (χ0v) is 15.0. The first kappa shape index (κ1) is 15.7. The minimum absolute atomic E-state index is 0.260. The van der Waals surface area contributed by atoms with Gasteiger partial charge in [0.2, 0.25) is 0 Å². The molecule has 0 saturated heterocycles. The number of nitrogens with zero attached hydrogens (tertiary/aromatic N) is 6. The summed E-state index contributed by atoms with van der Waals surface area (Å²) in [6.45, 7) is 4.79. The van der Waals surface area contributed by atoms with Crippen molar-refractivity contribution >= 4 is 5.82 Å². The number of hydrogen-bond acceptors (Lipinski definition) is 6. The molecule has 0 atom stereocenters. The maximum Gasteiger partial charge on any atom is 0.165 e. The summed E-state index contributed by atoms with van der Waals surface area (Å²) < 4.78 is 2.05. The number of anilines is 1. The molecule has 0 bridgehead atoms. The first-order valence-corrected chi connectivity index (χ1v) is 8.87. The van der Waals surface area contributed by atoms with Crippen LogP contribution in [0, 0.1) is 0 Å². The summed E-state index contributed by atoms with van der Waals surface area (Å²) in [7, 11) is 0. The molecular weight excluding hydrogens is 340 g/mol. The fraction of sp³-hybridized carbons (Fsp3) is 0.211. The molecule has 3 aromatic heterocycles. The normalized spacial score (nSPS) is 12.6. The van der Waals surface area contributed by atoms with Crippen molar-refractivity contribution in [3.63, 3.8) is 0 Å². The maximum absolute atomic E-state index is 4.76. The van der Waals surface area contributed by atoms with Gasteiger partial charge in [0.15, 0.2) is 17.5 Å². The molecule has 4 aromatic rings. The number of rotatable bonds is 3. The summed E-state index contributed by atoms with van der Waals surface area (Å²) in [6.07, 6.45) is 3.58. The van der Waals surface area contributed by atoms with Gasteiger partial charge in [-0.3, -0.25) is 9.67 Å². The Morgan fingerprint density at radius 3 is 2.74 bits per heavy atom. The Bertz CT molecular complexity index is 1110. The largest absolute Gasteiger partial charge is 0.361 e. The minimum atomic E-state index is 0.260. The van der Waals surface area contributed by atoms with Crippen LogP contribution in [0.5, 0.6) is 0 Å². The quantitative estimate of drug-likeness (QED) is 0.584. The lowest BCUT2D eigenvalue weighted by Crippen LogP contribution is -2.19. The second kappa shape index (κ2) is 6.01. The fourth-order valence-corrected chi connectivity index (χ4v) is 3.32. The van der Waals surface area contributed by atoms with Crippen LogP contribution in [0.15, 0.2) is 42.7 Å². The smallest absolute Gasteiger partial charge is 0.165 e. The van der Waals surface area contributed by atoms with Crippen molar-refractivity contribution in [2.24, 2.45) is 0 Å². The van der Waals surface area contributed by atoms with Gasteiger partial charge in [-0.1, -0.05) is 44.2 Å². The zero-order chi connectivity index (χ0) is 18.4. The molecule has 1 aromatic carbocycles. The third-order valence-electron chi connectivity index (χ3n) is 4.64. The number of nitrogens with one attached hydrogen (secondary N) is 2. The van der Waals surface area contributed by atoms with E-state index in [2.05, 4.69) is 44.5 Å². The van der Waals surface area contributed by atoms with E-state index in [4.69, 9.17) is 4.98 Å². The zero-order valence-electron chi connectivity index (χ0n) is 15.0. The lowest BCUT2D eigenvalue weighted by atomic mass is 10.1. The van der Waals surface area contributed by atoms with E-state index < -0.39 is 0 Å².